The minimum atomic E-state index is -4.29. The normalized spacial score (nSPS) is 11.5. The van der Waals surface area contributed by atoms with E-state index in [9.17, 15) is 22.8 Å². The van der Waals surface area contributed by atoms with Crippen LogP contribution in [0, 0.1) is 5.41 Å². The summed E-state index contributed by atoms with van der Waals surface area (Å²) in [6.07, 6.45) is -2.31. The molecule has 5 nitrogen and oxygen atoms in total. The average molecular weight is 390 g/mol. The highest BCUT2D eigenvalue weighted by atomic mass is 19.4. The van der Waals surface area contributed by atoms with E-state index in [1.807, 2.05) is 0 Å². The summed E-state index contributed by atoms with van der Waals surface area (Å²) in [6, 6.07) is 3.82. The zero-order valence-electron chi connectivity index (χ0n) is 16.0. The molecule has 1 amide bonds. The molecule has 0 aliphatic carbocycles. The Bertz CT molecular complexity index is 610. The van der Waals surface area contributed by atoms with Gasteiger partial charge in [-0.2, -0.15) is 13.2 Å². The molecule has 1 aromatic rings. The quantitative estimate of drug-likeness (QED) is 0.657. The molecule has 0 atom stereocenters. The van der Waals surface area contributed by atoms with Crippen LogP contribution in [-0.4, -0.2) is 17.0 Å². The lowest BCUT2D eigenvalue weighted by atomic mass is 9.87. The molecule has 5 N–H and O–H groups in total. The molecule has 0 spiro atoms. The maximum absolute atomic E-state index is 12.6. The maximum atomic E-state index is 12.6. The third-order valence-corrected chi connectivity index (χ3v) is 3.71. The van der Waals surface area contributed by atoms with Crippen LogP contribution in [0.1, 0.15) is 63.1 Å². The third kappa shape index (κ3) is 12.0. The molecule has 0 fully saturated rings. The molecule has 1 rings (SSSR count). The largest absolute Gasteiger partial charge is 0.481 e. The number of carboxylic acid groups (broad SMARTS) is 1. The number of carbonyl (C=O) groups excluding carboxylic acids is 1. The molecule has 8 heteroatoms. The summed E-state index contributed by atoms with van der Waals surface area (Å²) in [5, 5.41) is 8.07. The van der Waals surface area contributed by atoms with E-state index in [0.29, 0.717) is 18.4 Å². The number of hydrogen-bond donors (Lipinski definition) is 3. The van der Waals surface area contributed by atoms with E-state index < -0.39 is 23.6 Å². The van der Waals surface area contributed by atoms with E-state index in [2.05, 4.69) is 20.8 Å². The lowest BCUT2D eigenvalue weighted by molar-refractivity contribution is -0.138. The number of carbonyl (C=O) groups is 2. The van der Waals surface area contributed by atoms with Crippen molar-refractivity contribution in [3.63, 3.8) is 0 Å². The Morgan fingerprint density at radius 2 is 1.67 bits per heavy atom. The van der Waals surface area contributed by atoms with Crippen molar-refractivity contribution in [2.45, 2.75) is 65.6 Å². The molecule has 0 aromatic heterocycles. The number of nitrogens with two attached hydrogens (primary N) is 2. The van der Waals surface area contributed by atoms with Gasteiger partial charge in [0.25, 0.3) is 0 Å². The van der Waals surface area contributed by atoms with Crippen LogP contribution in [0.5, 0.6) is 0 Å². The van der Waals surface area contributed by atoms with Crippen LogP contribution in [0.25, 0.3) is 0 Å². The highest BCUT2D eigenvalue weighted by Gasteiger charge is 2.30. The second kappa shape index (κ2) is 10.9. The van der Waals surface area contributed by atoms with Crippen LogP contribution in [-0.2, 0) is 28.7 Å². The SMILES string of the molecule is CC(C)(C)CCc1cc(C(F)(F)F)ccc1CN.NC(=O)CCCC(=O)O. The van der Waals surface area contributed by atoms with Crippen molar-refractivity contribution in [3.05, 3.63) is 34.9 Å². The van der Waals surface area contributed by atoms with Gasteiger partial charge in [0.2, 0.25) is 5.91 Å². The van der Waals surface area contributed by atoms with Crippen molar-refractivity contribution in [1.29, 1.82) is 0 Å². The van der Waals surface area contributed by atoms with Gasteiger partial charge in [-0.3, -0.25) is 9.59 Å². The zero-order valence-corrected chi connectivity index (χ0v) is 16.0. The van der Waals surface area contributed by atoms with Crippen LogP contribution < -0.4 is 11.5 Å². The second-order valence-corrected chi connectivity index (χ2v) is 7.46. The number of benzene rings is 1. The van der Waals surface area contributed by atoms with Crippen LogP contribution in [0.4, 0.5) is 13.2 Å². The van der Waals surface area contributed by atoms with Gasteiger partial charge in [-0.1, -0.05) is 26.8 Å². The lowest BCUT2D eigenvalue weighted by Gasteiger charge is -2.19. The Hall–Kier alpha value is -2.09. The van der Waals surface area contributed by atoms with Crippen LogP contribution in [0.15, 0.2) is 18.2 Å². The standard InChI is InChI=1S/C14H20F3N.C5H9NO3/c1-13(2,3)7-6-10-8-12(14(15,16)17)5-4-11(10)9-18;6-4(7)2-1-3-5(8)9/h4-5,8H,6-7,9,18H2,1-3H3;1-3H2,(H2,6,7)(H,8,9). The molecular weight excluding hydrogens is 361 g/mol. The first-order valence-corrected chi connectivity index (χ1v) is 8.65. The Morgan fingerprint density at radius 1 is 1.07 bits per heavy atom. The first kappa shape index (κ1) is 24.9. The summed E-state index contributed by atoms with van der Waals surface area (Å²) >= 11 is 0. The van der Waals surface area contributed by atoms with Gasteiger partial charge in [-0.25, -0.2) is 0 Å². The first-order valence-electron chi connectivity index (χ1n) is 8.65. The number of alkyl halides is 3. The average Bonchev–Trinajstić information content (AvgIpc) is 2.51. The minimum absolute atomic E-state index is 0.0168. The number of aliphatic carboxylic acids is 1. The molecule has 0 saturated carbocycles. The molecule has 0 heterocycles. The monoisotopic (exact) mass is 390 g/mol. The fraction of sp³-hybridized carbons (Fsp3) is 0.579. The predicted molar refractivity (Wildman–Crippen MR) is 97.8 cm³/mol. The molecule has 0 saturated heterocycles. The van der Waals surface area contributed by atoms with Crippen LogP contribution in [0.3, 0.4) is 0 Å². The molecule has 0 unspecified atom stereocenters. The smallest absolute Gasteiger partial charge is 0.416 e. The van der Waals surface area contributed by atoms with E-state index in [0.717, 1.165) is 18.1 Å². The van der Waals surface area contributed by atoms with E-state index in [4.69, 9.17) is 16.6 Å². The highest BCUT2D eigenvalue weighted by molar-refractivity contribution is 5.74. The fourth-order valence-corrected chi connectivity index (χ4v) is 2.16. The molecule has 0 aliphatic rings. The zero-order chi connectivity index (χ0) is 21.3. The third-order valence-electron chi connectivity index (χ3n) is 3.71. The summed E-state index contributed by atoms with van der Waals surface area (Å²) in [6.45, 7) is 6.49. The maximum Gasteiger partial charge on any atom is 0.416 e. The van der Waals surface area contributed by atoms with E-state index in [1.54, 1.807) is 0 Å². The van der Waals surface area contributed by atoms with Gasteiger partial charge < -0.3 is 16.6 Å². The van der Waals surface area contributed by atoms with E-state index in [-0.39, 0.29) is 24.8 Å². The van der Waals surface area contributed by atoms with E-state index in [1.165, 1.54) is 12.1 Å². The number of carboxylic acids is 1. The Morgan fingerprint density at radius 3 is 2.07 bits per heavy atom. The first-order chi connectivity index (χ1) is 12.3. The van der Waals surface area contributed by atoms with Crippen molar-refractivity contribution < 1.29 is 27.9 Å². The van der Waals surface area contributed by atoms with Gasteiger partial charge in [0, 0.05) is 19.4 Å². The van der Waals surface area contributed by atoms with Crippen molar-refractivity contribution in [2.24, 2.45) is 16.9 Å². The summed E-state index contributed by atoms with van der Waals surface area (Å²) in [7, 11) is 0. The van der Waals surface area contributed by atoms with Gasteiger partial charge in [0.1, 0.15) is 0 Å². The predicted octanol–water partition coefficient (Wildman–Crippen LogP) is 3.87. The minimum Gasteiger partial charge on any atom is -0.481 e. The molecule has 0 bridgehead atoms. The second-order valence-electron chi connectivity index (χ2n) is 7.46. The molecule has 27 heavy (non-hydrogen) atoms. The fourth-order valence-electron chi connectivity index (χ4n) is 2.16. The van der Waals surface area contributed by atoms with Crippen molar-refractivity contribution >= 4 is 11.9 Å². The number of primary amides is 1. The van der Waals surface area contributed by atoms with Gasteiger partial charge >= 0.3 is 12.1 Å². The van der Waals surface area contributed by atoms with Gasteiger partial charge in [0.15, 0.2) is 0 Å². The summed E-state index contributed by atoms with van der Waals surface area (Å²) in [4.78, 5) is 19.8. The summed E-state index contributed by atoms with van der Waals surface area (Å²) in [5.41, 5.74) is 11.3. The Labute approximate surface area is 157 Å². The molecule has 0 aliphatic heterocycles. The van der Waals surface area contributed by atoms with Crippen molar-refractivity contribution in [2.75, 3.05) is 0 Å². The van der Waals surface area contributed by atoms with Gasteiger partial charge in [-0.15, -0.1) is 0 Å². The Balaban J connectivity index is 0.000000636. The number of halogens is 3. The number of amides is 1. The van der Waals surface area contributed by atoms with Crippen molar-refractivity contribution in [1.82, 2.24) is 0 Å². The van der Waals surface area contributed by atoms with E-state index >= 15 is 0 Å². The number of hydrogen-bond acceptors (Lipinski definition) is 3. The van der Waals surface area contributed by atoms with Crippen LogP contribution >= 0.6 is 0 Å². The molecule has 1 aromatic carbocycles. The van der Waals surface area contributed by atoms with Gasteiger partial charge in [0.05, 0.1) is 5.56 Å². The summed E-state index contributed by atoms with van der Waals surface area (Å²) < 4.78 is 37.9. The lowest BCUT2D eigenvalue weighted by Crippen LogP contribution is -2.11. The topological polar surface area (TPSA) is 106 Å². The Kier molecular flexibility index (Phi) is 10.1. The molecule has 154 valence electrons. The molecule has 0 radical (unpaired) electrons. The van der Waals surface area contributed by atoms with Gasteiger partial charge in [-0.05, 0) is 47.9 Å². The van der Waals surface area contributed by atoms with Crippen LogP contribution in [0.2, 0.25) is 0 Å². The van der Waals surface area contributed by atoms with Crippen molar-refractivity contribution in [3.8, 4) is 0 Å². The highest BCUT2D eigenvalue weighted by Crippen LogP contribution is 2.31. The number of rotatable bonds is 7. The summed E-state index contributed by atoms with van der Waals surface area (Å²) in [5.74, 6) is -1.34. The number of aryl methyl sites for hydroxylation is 1. The molecular formula is C19H29F3N2O3.